The van der Waals surface area contributed by atoms with Gasteiger partial charge in [-0.25, -0.2) is 9.18 Å². The van der Waals surface area contributed by atoms with Crippen LogP contribution in [0.5, 0.6) is 0 Å². The van der Waals surface area contributed by atoms with Crippen molar-refractivity contribution in [2.45, 2.75) is 6.92 Å². The van der Waals surface area contributed by atoms with Gasteiger partial charge in [0.15, 0.2) is 0 Å². The number of non-ortho nitro benzene ring substituents is 1. The molecule has 0 unspecified atom stereocenters. The van der Waals surface area contributed by atoms with Crippen LogP contribution in [0.1, 0.15) is 17.3 Å². The third-order valence-electron chi connectivity index (χ3n) is 3.47. The molecule has 6 nitrogen and oxygen atoms in total. The van der Waals surface area contributed by atoms with Crippen LogP contribution in [0.15, 0.2) is 46.9 Å². The van der Waals surface area contributed by atoms with Crippen molar-refractivity contribution in [3.05, 3.63) is 64.0 Å². The summed E-state index contributed by atoms with van der Waals surface area (Å²) >= 11 is 0. The van der Waals surface area contributed by atoms with Gasteiger partial charge in [0.05, 0.1) is 17.6 Å². The molecular weight excluding hydrogens is 317 g/mol. The number of furan rings is 1. The third kappa shape index (κ3) is 2.71. The van der Waals surface area contributed by atoms with E-state index in [1.54, 1.807) is 6.92 Å². The van der Waals surface area contributed by atoms with Crippen molar-refractivity contribution in [3.8, 4) is 11.3 Å². The number of rotatable bonds is 4. The van der Waals surface area contributed by atoms with Gasteiger partial charge in [-0.2, -0.15) is 0 Å². The van der Waals surface area contributed by atoms with E-state index in [-0.39, 0.29) is 29.2 Å². The summed E-state index contributed by atoms with van der Waals surface area (Å²) in [5.74, 6) is -0.850. The molecule has 3 rings (SSSR count). The first-order valence-corrected chi connectivity index (χ1v) is 7.15. The predicted octanol–water partition coefficient (Wildman–Crippen LogP) is 4.32. The van der Waals surface area contributed by atoms with Gasteiger partial charge in [0, 0.05) is 17.0 Å². The molecular formula is C17H12FNO5. The molecule has 0 aliphatic heterocycles. The van der Waals surface area contributed by atoms with Gasteiger partial charge in [-0.1, -0.05) is 0 Å². The van der Waals surface area contributed by atoms with Crippen LogP contribution in [0.4, 0.5) is 10.1 Å². The van der Waals surface area contributed by atoms with Crippen molar-refractivity contribution in [3.63, 3.8) is 0 Å². The number of hydrogen-bond donors (Lipinski definition) is 0. The van der Waals surface area contributed by atoms with Gasteiger partial charge in [0.1, 0.15) is 22.7 Å². The van der Waals surface area contributed by atoms with Crippen LogP contribution in [0.2, 0.25) is 0 Å². The normalized spacial score (nSPS) is 10.8. The molecule has 0 bridgehead atoms. The van der Waals surface area contributed by atoms with Gasteiger partial charge in [-0.3, -0.25) is 10.1 Å². The van der Waals surface area contributed by atoms with Crippen molar-refractivity contribution < 1.29 is 23.3 Å². The number of benzene rings is 2. The lowest BCUT2D eigenvalue weighted by Gasteiger charge is -2.03. The van der Waals surface area contributed by atoms with E-state index in [9.17, 15) is 19.3 Å². The quantitative estimate of drug-likeness (QED) is 0.404. The molecule has 3 aromatic rings. The smallest absolute Gasteiger partial charge is 0.342 e. The topological polar surface area (TPSA) is 82.6 Å². The van der Waals surface area contributed by atoms with Crippen molar-refractivity contribution in [1.29, 1.82) is 0 Å². The van der Waals surface area contributed by atoms with Crippen molar-refractivity contribution in [2.75, 3.05) is 6.61 Å². The predicted molar refractivity (Wildman–Crippen MR) is 84.2 cm³/mol. The average Bonchev–Trinajstić information content (AvgIpc) is 2.94. The summed E-state index contributed by atoms with van der Waals surface area (Å²) in [5.41, 5.74) is 0.663. The third-order valence-corrected chi connectivity index (χ3v) is 3.47. The Morgan fingerprint density at radius 2 is 1.96 bits per heavy atom. The number of nitrogens with zero attached hydrogens (tertiary/aromatic N) is 1. The van der Waals surface area contributed by atoms with E-state index in [2.05, 4.69) is 0 Å². The fourth-order valence-corrected chi connectivity index (χ4v) is 2.41. The number of nitro groups is 1. The van der Waals surface area contributed by atoms with Crippen molar-refractivity contribution in [2.24, 2.45) is 0 Å². The maximum atomic E-state index is 13.1. The molecule has 0 aliphatic rings. The Morgan fingerprint density at radius 3 is 2.58 bits per heavy atom. The molecule has 2 aromatic carbocycles. The lowest BCUT2D eigenvalue weighted by molar-refractivity contribution is -0.384. The molecule has 24 heavy (non-hydrogen) atoms. The summed E-state index contributed by atoms with van der Waals surface area (Å²) in [6, 6.07) is 9.37. The van der Waals surface area contributed by atoms with Gasteiger partial charge in [0.25, 0.3) is 5.69 Å². The zero-order chi connectivity index (χ0) is 17.3. The Bertz CT molecular complexity index is 930. The van der Waals surface area contributed by atoms with Crippen molar-refractivity contribution in [1.82, 2.24) is 0 Å². The van der Waals surface area contributed by atoms with E-state index >= 15 is 0 Å². The van der Waals surface area contributed by atoms with E-state index in [1.807, 2.05) is 0 Å². The summed E-state index contributed by atoms with van der Waals surface area (Å²) in [5, 5.41) is 11.3. The molecule has 7 heteroatoms. The molecule has 1 aromatic heterocycles. The summed E-state index contributed by atoms with van der Waals surface area (Å²) in [7, 11) is 0. The Morgan fingerprint density at radius 1 is 1.25 bits per heavy atom. The highest BCUT2D eigenvalue weighted by Crippen LogP contribution is 2.35. The molecule has 0 fully saturated rings. The highest BCUT2D eigenvalue weighted by atomic mass is 19.1. The minimum Gasteiger partial charge on any atom is -0.462 e. The fraction of sp³-hybridized carbons (Fsp3) is 0.118. The Kier molecular flexibility index (Phi) is 3.99. The maximum Gasteiger partial charge on any atom is 0.342 e. The summed E-state index contributed by atoms with van der Waals surface area (Å²) < 4.78 is 23.8. The molecule has 122 valence electrons. The maximum absolute atomic E-state index is 13.1. The first-order valence-electron chi connectivity index (χ1n) is 7.15. The molecule has 0 atom stereocenters. The lowest BCUT2D eigenvalue weighted by Crippen LogP contribution is -2.05. The largest absolute Gasteiger partial charge is 0.462 e. The molecule has 0 saturated heterocycles. The second-order valence-electron chi connectivity index (χ2n) is 4.97. The first kappa shape index (κ1) is 15.7. The zero-order valence-corrected chi connectivity index (χ0v) is 12.6. The highest BCUT2D eigenvalue weighted by molar-refractivity contribution is 6.09. The summed E-state index contributed by atoms with van der Waals surface area (Å²) in [6.07, 6.45) is 0. The Hall–Kier alpha value is -3.22. The number of esters is 1. The van der Waals surface area contributed by atoms with Gasteiger partial charge >= 0.3 is 5.97 Å². The van der Waals surface area contributed by atoms with Crippen molar-refractivity contribution >= 4 is 22.6 Å². The first-order chi connectivity index (χ1) is 11.5. The van der Waals surface area contributed by atoms with Gasteiger partial charge in [-0.05, 0) is 37.3 Å². The van der Waals surface area contributed by atoms with Gasteiger partial charge < -0.3 is 9.15 Å². The number of nitro benzene ring substituents is 1. The number of carbonyl (C=O) groups excluding carboxylic acids is 1. The van der Waals surface area contributed by atoms with Crippen LogP contribution < -0.4 is 0 Å². The summed E-state index contributed by atoms with van der Waals surface area (Å²) in [6.45, 7) is 1.84. The van der Waals surface area contributed by atoms with Gasteiger partial charge in [-0.15, -0.1) is 0 Å². The highest BCUT2D eigenvalue weighted by Gasteiger charge is 2.24. The molecule has 0 spiro atoms. The number of ether oxygens (including phenoxy) is 1. The molecule has 0 aliphatic carbocycles. The van der Waals surface area contributed by atoms with E-state index in [4.69, 9.17) is 9.15 Å². The van der Waals surface area contributed by atoms with Crippen LogP contribution in [0, 0.1) is 15.9 Å². The van der Waals surface area contributed by atoms with Crippen LogP contribution in [-0.4, -0.2) is 17.5 Å². The standard InChI is InChI=1S/C17H12FNO5/c1-2-23-17(20)15-13-8-7-12(19(21)22)9-14(13)24-16(15)10-3-5-11(18)6-4-10/h3-9H,2H2,1H3. The number of carbonyl (C=O) groups is 1. The SMILES string of the molecule is CCOC(=O)c1c(-c2ccc(F)cc2)oc2cc([N+](=O)[O-])ccc12. The van der Waals surface area contributed by atoms with E-state index in [0.717, 1.165) is 0 Å². The minimum absolute atomic E-state index is 0.155. The van der Waals surface area contributed by atoms with E-state index in [0.29, 0.717) is 10.9 Å². The molecule has 0 amide bonds. The van der Waals surface area contributed by atoms with Gasteiger partial charge in [0.2, 0.25) is 0 Å². The number of halogens is 1. The molecule has 0 radical (unpaired) electrons. The molecule has 0 N–H and O–H groups in total. The van der Waals surface area contributed by atoms with Crippen LogP contribution >= 0.6 is 0 Å². The van der Waals surface area contributed by atoms with E-state index < -0.39 is 16.7 Å². The number of hydrogen-bond acceptors (Lipinski definition) is 5. The Balaban J connectivity index is 2.25. The second kappa shape index (κ2) is 6.11. The van der Waals surface area contributed by atoms with Crippen LogP contribution in [0.3, 0.4) is 0 Å². The fourth-order valence-electron chi connectivity index (χ4n) is 2.41. The average molecular weight is 329 g/mol. The zero-order valence-electron chi connectivity index (χ0n) is 12.6. The minimum atomic E-state index is -0.607. The van der Waals surface area contributed by atoms with Crippen LogP contribution in [-0.2, 0) is 4.74 Å². The molecule has 1 heterocycles. The lowest BCUT2D eigenvalue weighted by atomic mass is 10.1. The second-order valence-corrected chi connectivity index (χ2v) is 4.97. The monoisotopic (exact) mass is 329 g/mol. The van der Waals surface area contributed by atoms with Crippen LogP contribution in [0.25, 0.3) is 22.3 Å². The molecule has 0 saturated carbocycles. The summed E-state index contributed by atoms with van der Waals surface area (Å²) in [4.78, 5) is 22.7. The Labute approximate surface area is 135 Å². The van der Waals surface area contributed by atoms with E-state index in [1.165, 1.54) is 42.5 Å². The number of fused-ring (bicyclic) bond motifs is 1.